The zero-order valence-electron chi connectivity index (χ0n) is 13.1. The van der Waals surface area contributed by atoms with Crippen LogP contribution in [-0.2, 0) is 10.5 Å². The van der Waals surface area contributed by atoms with Crippen molar-refractivity contribution in [2.75, 3.05) is 11.1 Å². The first kappa shape index (κ1) is 18.2. The summed E-state index contributed by atoms with van der Waals surface area (Å²) in [6, 6.07) is 13.4. The second-order valence-electron chi connectivity index (χ2n) is 5.55. The van der Waals surface area contributed by atoms with Crippen molar-refractivity contribution in [3.05, 3.63) is 63.6 Å². The number of nitrogens with one attached hydrogen (secondary N) is 1. The van der Waals surface area contributed by atoms with Crippen LogP contribution in [0.1, 0.15) is 30.9 Å². The second kappa shape index (κ2) is 8.62. The standard InChI is InChI=1S/C18H19Cl2NOS/c1-12(2)13-4-7-16(8-5-13)21-18(22)11-23-10-14-3-6-15(19)9-17(14)20/h3-9,12H,10-11H2,1-2H3,(H,21,22). The third kappa shape index (κ3) is 5.76. The minimum atomic E-state index is -0.0163. The van der Waals surface area contributed by atoms with E-state index < -0.39 is 0 Å². The summed E-state index contributed by atoms with van der Waals surface area (Å²) in [5, 5.41) is 4.16. The highest BCUT2D eigenvalue weighted by molar-refractivity contribution is 7.99. The van der Waals surface area contributed by atoms with Crippen LogP contribution in [0.25, 0.3) is 0 Å². The van der Waals surface area contributed by atoms with E-state index in [-0.39, 0.29) is 5.91 Å². The number of hydrogen-bond acceptors (Lipinski definition) is 2. The minimum Gasteiger partial charge on any atom is -0.325 e. The van der Waals surface area contributed by atoms with Gasteiger partial charge in [-0.25, -0.2) is 0 Å². The molecule has 2 nitrogen and oxygen atoms in total. The molecule has 0 saturated carbocycles. The Kier molecular flexibility index (Phi) is 6.82. The third-order valence-corrected chi connectivity index (χ3v) is 4.94. The van der Waals surface area contributed by atoms with Gasteiger partial charge in [-0.1, -0.05) is 55.2 Å². The number of halogens is 2. The van der Waals surface area contributed by atoms with Gasteiger partial charge in [0.1, 0.15) is 0 Å². The molecule has 2 aromatic rings. The van der Waals surface area contributed by atoms with E-state index in [1.165, 1.54) is 17.3 Å². The number of anilines is 1. The average Bonchev–Trinajstić information content (AvgIpc) is 2.50. The van der Waals surface area contributed by atoms with Crippen molar-refractivity contribution in [1.82, 2.24) is 0 Å². The van der Waals surface area contributed by atoms with Gasteiger partial charge >= 0.3 is 0 Å². The number of carbonyl (C=O) groups excluding carboxylic acids is 1. The number of benzene rings is 2. The quantitative estimate of drug-likeness (QED) is 0.679. The van der Waals surface area contributed by atoms with E-state index in [1.807, 2.05) is 30.3 Å². The van der Waals surface area contributed by atoms with E-state index in [4.69, 9.17) is 23.2 Å². The number of hydrogen-bond donors (Lipinski definition) is 1. The summed E-state index contributed by atoms with van der Waals surface area (Å²) in [4.78, 5) is 12.0. The summed E-state index contributed by atoms with van der Waals surface area (Å²) < 4.78 is 0. The molecule has 5 heteroatoms. The first-order chi connectivity index (χ1) is 11.0. The zero-order chi connectivity index (χ0) is 16.8. The lowest BCUT2D eigenvalue weighted by Gasteiger charge is -2.09. The largest absolute Gasteiger partial charge is 0.325 e. The molecule has 0 unspecified atom stereocenters. The van der Waals surface area contributed by atoms with Crippen molar-refractivity contribution in [3.8, 4) is 0 Å². The molecule has 0 aliphatic carbocycles. The van der Waals surface area contributed by atoms with E-state index >= 15 is 0 Å². The minimum absolute atomic E-state index is 0.0163. The van der Waals surface area contributed by atoms with Gasteiger partial charge in [0.15, 0.2) is 0 Å². The van der Waals surface area contributed by atoms with Crippen molar-refractivity contribution in [1.29, 1.82) is 0 Å². The molecule has 0 heterocycles. The zero-order valence-corrected chi connectivity index (χ0v) is 15.4. The Hall–Kier alpha value is -1.16. The molecule has 0 saturated heterocycles. The molecule has 23 heavy (non-hydrogen) atoms. The predicted octanol–water partition coefficient (Wildman–Crippen LogP) is 5.99. The van der Waals surface area contributed by atoms with Crippen LogP contribution in [-0.4, -0.2) is 11.7 Å². The van der Waals surface area contributed by atoms with E-state index in [0.29, 0.717) is 27.5 Å². The number of thioether (sulfide) groups is 1. The van der Waals surface area contributed by atoms with Crippen LogP contribution in [0.2, 0.25) is 10.0 Å². The summed E-state index contributed by atoms with van der Waals surface area (Å²) in [6.45, 7) is 4.29. The summed E-state index contributed by atoms with van der Waals surface area (Å²) >= 11 is 13.5. The fourth-order valence-corrected chi connectivity index (χ4v) is 3.43. The number of carbonyl (C=O) groups is 1. The fraction of sp³-hybridized carbons (Fsp3) is 0.278. The van der Waals surface area contributed by atoms with Crippen LogP contribution in [0.3, 0.4) is 0 Å². The topological polar surface area (TPSA) is 29.1 Å². The SMILES string of the molecule is CC(C)c1ccc(NC(=O)CSCc2ccc(Cl)cc2Cl)cc1. The average molecular weight is 368 g/mol. The maximum Gasteiger partial charge on any atom is 0.234 e. The maximum atomic E-state index is 12.0. The lowest BCUT2D eigenvalue weighted by atomic mass is 10.0. The summed E-state index contributed by atoms with van der Waals surface area (Å²) in [5.41, 5.74) is 3.06. The molecular weight excluding hydrogens is 349 g/mol. The van der Waals surface area contributed by atoms with Crippen molar-refractivity contribution in [3.63, 3.8) is 0 Å². The van der Waals surface area contributed by atoms with Crippen molar-refractivity contribution >= 4 is 46.6 Å². The molecule has 0 fully saturated rings. The van der Waals surface area contributed by atoms with Crippen molar-refractivity contribution in [2.24, 2.45) is 0 Å². The Bertz CT molecular complexity index is 671. The molecule has 0 aromatic heterocycles. The lowest BCUT2D eigenvalue weighted by Crippen LogP contribution is -2.14. The van der Waals surface area contributed by atoms with Crippen LogP contribution >= 0.6 is 35.0 Å². The van der Waals surface area contributed by atoms with Gasteiger partial charge in [-0.2, -0.15) is 0 Å². The molecular formula is C18H19Cl2NOS. The number of amides is 1. The van der Waals surface area contributed by atoms with E-state index in [9.17, 15) is 4.79 Å². The third-order valence-electron chi connectivity index (χ3n) is 3.37. The highest BCUT2D eigenvalue weighted by Crippen LogP contribution is 2.25. The van der Waals surface area contributed by atoms with Gasteiger partial charge in [0.05, 0.1) is 5.75 Å². The highest BCUT2D eigenvalue weighted by Gasteiger charge is 2.06. The molecule has 2 rings (SSSR count). The van der Waals surface area contributed by atoms with Gasteiger partial charge in [-0.3, -0.25) is 4.79 Å². The van der Waals surface area contributed by atoms with Crippen LogP contribution < -0.4 is 5.32 Å². The molecule has 0 bridgehead atoms. The Labute approximate surface area is 151 Å². The van der Waals surface area contributed by atoms with Crippen LogP contribution in [0.4, 0.5) is 5.69 Å². The Balaban J connectivity index is 1.80. The van der Waals surface area contributed by atoms with Gasteiger partial charge in [0.25, 0.3) is 0 Å². The highest BCUT2D eigenvalue weighted by atomic mass is 35.5. The normalized spacial score (nSPS) is 10.8. The van der Waals surface area contributed by atoms with Gasteiger partial charge < -0.3 is 5.32 Å². The second-order valence-corrected chi connectivity index (χ2v) is 7.38. The summed E-state index contributed by atoms with van der Waals surface area (Å²) in [5.74, 6) is 1.53. The van der Waals surface area contributed by atoms with Crippen molar-refractivity contribution < 1.29 is 4.79 Å². The van der Waals surface area contributed by atoms with Gasteiger partial charge in [-0.15, -0.1) is 11.8 Å². The number of rotatable bonds is 6. The smallest absolute Gasteiger partial charge is 0.234 e. The molecule has 0 aliphatic heterocycles. The first-order valence-corrected chi connectivity index (χ1v) is 9.28. The molecule has 0 atom stereocenters. The van der Waals surface area contributed by atoms with Crippen molar-refractivity contribution in [2.45, 2.75) is 25.5 Å². The lowest BCUT2D eigenvalue weighted by molar-refractivity contribution is -0.113. The molecule has 122 valence electrons. The summed E-state index contributed by atoms with van der Waals surface area (Å²) in [7, 11) is 0. The monoisotopic (exact) mass is 367 g/mol. The van der Waals surface area contributed by atoms with Gasteiger partial charge in [0.2, 0.25) is 5.91 Å². The molecule has 0 radical (unpaired) electrons. The predicted molar refractivity (Wildman–Crippen MR) is 102 cm³/mol. The van der Waals surface area contributed by atoms with E-state index in [0.717, 1.165) is 11.3 Å². The van der Waals surface area contributed by atoms with Gasteiger partial charge in [-0.05, 0) is 41.3 Å². The van der Waals surface area contributed by atoms with Crippen LogP contribution in [0.5, 0.6) is 0 Å². The fourth-order valence-electron chi connectivity index (χ4n) is 2.04. The molecule has 0 aliphatic rings. The molecule has 1 amide bonds. The molecule has 0 spiro atoms. The van der Waals surface area contributed by atoms with Crippen LogP contribution in [0, 0.1) is 0 Å². The Morgan fingerprint density at radius 3 is 2.43 bits per heavy atom. The van der Waals surface area contributed by atoms with E-state index in [1.54, 1.807) is 12.1 Å². The molecule has 1 N–H and O–H groups in total. The Morgan fingerprint density at radius 2 is 1.83 bits per heavy atom. The van der Waals surface area contributed by atoms with Crippen LogP contribution in [0.15, 0.2) is 42.5 Å². The van der Waals surface area contributed by atoms with Gasteiger partial charge in [0, 0.05) is 21.5 Å². The van der Waals surface area contributed by atoms with E-state index in [2.05, 4.69) is 19.2 Å². The molecule has 2 aromatic carbocycles. The first-order valence-electron chi connectivity index (χ1n) is 7.37. The summed E-state index contributed by atoms with van der Waals surface area (Å²) in [6.07, 6.45) is 0. The Morgan fingerprint density at radius 1 is 1.13 bits per heavy atom. The maximum absolute atomic E-state index is 12.0.